The first-order chi connectivity index (χ1) is 11.6. The summed E-state index contributed by atoms with van der Waals surface area (Å²) in [6, 6.07) is 17.3. The summed E-state index contributed by atoms with van der Waals surface area (Å²) in [6.07, 6.45) is 3.53. The van der Waals surface area contributed by atoms with Crippen LogP contribution in [0, 0.1) is 0 Å². The maximum atomic E-state index is 5.97. The molecule has 0 atom stereocenters. The van der Waals surface area contributed by atoms with E-state index in [4.69, 9.17) is 29.6 Å². The third-order valence-electron chi connectivity index (χ3n) is 3.26. The van der Waals surface area contributed by atoms with Crippen LogP contribution in [-0.4, -0.2) is 21.1 Å². The molecule has 0 fully saturated rings. The highest BCUT2D eigenvalue weighted by Gasteiger charge is 2.11. The highest BCUT2D eigenvalue weighted by Crippen LogP contribution is 2.24. The Labute approximate surface area is 149 Å². The smallest absolute Gasteiger partial charge is 0.184 e. The van der Waals surface area contributed by atoms with E-state index in [0.717, 1.165) is 22.5 Å². The third-order valence-corrected chi connectivity index (χ3v) is 3.60. The van der Waals surface area contributed by atoms with Gasteiger partial charge >= 0.3 is 0 Å². The van der Waals surface area contributed by atoms with Gasteiger partial charge in [0.05, 0.1) is 11.9 Å². The van der Waals surface area contributed by atoms with Gasteiger partial charge in [-0.15, -0.1) is 0 Å². The van der Waals surface area contributed by atoms with Crippen molar-refractivity contribution in [1.82, 2.24) is 15.2 Å². The minimum absolute atomic E-state index is 0.106. The monoisotopic (exact) mass is 355 g/mol. The number of para-hydroxylation sites is 1. The lowest BCUT2D eigenvalue weighted by molar-refractivity contribution is 0.884. The Morgan fingerprint density at radius 1 is 1.17 bits per heavy atom. The number of rotatable bonds is 4. The van der Waals surface area contributed by atoms with Gasteiger partial charge in [0.1, 0.15) is 5.69 Å². The second kappa shape index (κ2) is 7.25. The normalized spacial score (nSPS) is 10.9. The van der Waals surface area contributed by atoms with E-state index in [2.05, 4.69) is 15.6 Å². The van der Waals surface area contributed by atoms with E-state index in [-0.39, 0.29) is 5.11 Å². The predicted molar refractivity (Wildman–Crippen MR) is 102 cm³/mol. The number of halogens is 1. The van der Waals surface area contributed by atoms with Crippen molar-refractivity contribution in [2.24, 2.45) is 10.8 Å². The number of benzene rings is 2. The zero-order valence-electron chi connectivity index (χ0n) is 12.6. The van der Waals surface area contributed by atoms with Crippen LogP contribution in [0.2, 0.25) is 5.02 Å². The SMILES string of the molecule is NC(=S)NN=Cc1cn(-c2ccccc2)nc1-c1ccc(Cl)cc1. The van der Waals surface area contributed by atoms with E-state index >= 15 is 0 Å². The summed E-state index contributed by atoms with van der Waals surface area (Å²) in [7, 11) is 0. The topological polar surface area (TPSA) is 68.2 Å². The summed E-state index contributed by atoms with van der Waals surface area (Å²) in [4.78, 5) is 0. The Hall–Kier alpha value is -2.70. The number of aromatic nitrogens is 2. The van der Waals surface area contributed by atoms with Crippen molar-refractivity contribution >= 4 is 35.1 Å². The second-order valence-corrected chi connectivity index (χ2v) is 5.83. The molecule has 0 aliphatic heterocycles. The fraction of sp³-hybridized carbons (Fsp3) is 0. The summed E-state index contributed by atoms with van der Waals surface area (Å²) in [5.41, 5.74) is 11.4. The molecule has 1 aromatic heterocycles. The molecule has 0 radical (unpaired) electrons. The zero-order valence-corrected chi connectivity index (χ0v) is 14.1. The van der Waals surface area contributed by atoms with Gasteiger partial charge in [-0.3, -0.25) is 5.43 Å². The molecule has 3 rings (SSSR count). The molecule has 1 heterocycles. The van der Waals surface area contributed by atoms with Gasteiger partial charge in [-0.2, -0.15) is 10.2 Å². The molecule has 7 heteroatoms. The number of nitrogens with zero attached hydrogens (tertiary/aromatic N) is 3. The van der Waals surface area contributed by atoms with Crippen LogP contribution in [0.3, 0.4) is 0 Å². The minimum atomic E-state index is 0.106. The molecule has 3 N–H and O–H groups in total. The molecule has 120 valence electrons. The van der Waals surface area contributed by atoms with Gasteiger partial charge < -0.3 is 5.73 Å². The van der Waals surface area contributed by atoms with Crippen LogP contribution in [-0.2, 0) is 0 Å². The predicted octanol–water partition coefficient (Wildman–Crippen LogP) is 3.36. The van der Waals surface area contributed by atoms with Crippen molar-refractivity contribution in [3.63, 3.8) is 0 Å². The Kier molecular flexibility index (Phi) is 4.88. The molecule has 24 heavy (non-hydrogen) atoms. The molecule has 0 saturated carbocycles. The van der Waals surface area contributed by atoms with Crippen LogP contribution >= 0.6 is 23.8 Å². The van der Waals surface area contributed by atoms with Gasteiger partial charge in [-0.25, -0.2) is 4.68 Å². The highest BCUT2D eigenvalue weighted by atomic mass is 35.5. The fourth-order valence-electron chi connectivity index (χ4n) is 2.19. The number of hydrogen-bond acceptors (Lipinski definition) is 3. The van der Waals surface area contributed by atoms with E-state index in [0.29, 0.717) is 5.02 Å². The molecule has 3 aromatic rings. The van der Waals surface area contributed by atoms with Crippen molar-refractivity contribution in [3.8, 4) is 16.9 Å². The van der Waals surface area contributed by atoms with Crippen LogP contribution in [0.1, 0.15) is 5.56 Å². The summed E-state index contributed by atoms with van der Waals surface area (Å²) >= 11 is 10.7. The first kappa shape index (κ1) is 16.2. The van der Waals surface area contributed by atoms with Gasteiger partial charge in [-0.1, -0.05) is 41.9 Å². The molecule has 5 nitrogen and oxygen atoms in total. The number of nitrogens with one attached hydrogen (secondary N) is 1. The zero-order chi connectivity index (χ0) is 16.9. The molecule has 0 unspecified atom stereocenters. The van der Waals surface area contributed by atoms with Gasteiger partial charge in [0, 0.05) is 22.3 Å². The van der Waals surface area contributed by atoms with E-state index < -0.39 is 0 Å². The third kappa shape index (κ3) is 3.79. The summed E-state index contributed by atoms with van der Waals surface area (Å²) in [5, 5.41) is 9.48. The van der Waals surface area contributed by atoms with Crippen molar-refractivity contribution in [2.75, 3.05) is 0 Å². The minimum Gasteiger partial charge on any atom is -0.375 e. The fourth-order valence-corrected chi connectivity index (χ4v) is 2.37. The van der Waals surface area contributed by atoms with Crippen molar-refractivity contribution < 1.29 is 0 Å². The summed E-state index contributed by atoms with van der Waals surface area (Å²) in [5.74, 6) is 0. The largest absolute Gasteiger partial charge is 0.375 e. The van der Waals surface area contributed by atoms with E-state index in [1.54, 1.807) is 10.9 Å². The van der Waals surface area contributed by atoms with Gasteiger partial charge in [0.15, 0.2) is 5.11 Å². The molecule has 0 bridgehead atoms. The standard InChI is InChI=1S/C17H14ClN5S/c18-14-8-6-12(7-9-14)16-13(10-20-21-17(19)24)11-23(22-16)15-4-2-1-3-5-15/h1-11H,(H3,19,21,24). The number of nitrogens with two attached hydrogens (primary N) is 1. The Morgan fingerprint density at radius 2 is 1.88 bits per heavy atom. The molecule has 0 amide bonds. The van der Waals surface area contributed by atoms with Crippen LogP contribution in [0.4, 0.5) is 0 Å². The lowest BCUT2D eigenvalue weighted by atomic mass is 10.1. The van der Waals surface area contributed by atoms with Crippen LogP contribution < -0.4 is 11.2 Å². The first-order valence-electron chi connectivity index (χ1n) is 7.13. The van der Waals surface area contributed by atoms with Crippen LogP contribution in [0.5, 0.6) is 0 Å². The molecule has 0 aliphatic carbocycles. The lowest BCUT2D eigenvalue weighted by Crippen LogP contribution is -2.24. The lowest BCUT2D eigenvalue weighted by Gasteiger charge is -2.00. The summed E-state index contributed by atoms with van der Waals surface area (Å²) in [6.45, 7) is 0. The Balaban J connectivity index is 2.04. The van der Waals surface area contributed by atoms with E-state index in [1.807, 2.05) is 60.8 Å². The van der Waals surface area contributed by atoms with Crippen LogP contribution in [0.25, 0.3) is 16.9 Å². The highest BCUT2D eigenvalue weighted by molar-refractivity contribution is 7.80. The van der Waals surface area contributed by atoms with Crippen molar-refractivity contribution in [3.05, 3.63) is 71.4 Å². The second-order valence-electron chi connectivity index (χ2n) is 4.95. The van der Waals surface area contributed by atoms with E-state index in [1.165, 1.54) is 0 Å². The maximum Gasteiger partial charge on any atom is 0.184 e. The molecular formula is C17H14ClN5S. The van der Waals surface area contributed by atoms with Crippen LogP contribution in [0.15, 0.2) is 65.9 Å². The van der Waals surface area contributed by atoms with Gasteiger partial charge in [0.25, 0.3) is 0 Å². The van der Waals surface area contributed by atoms with Crippen molar-refractivity contribution in [1.29, 1.82) is 0 Å². The number of hydrogen-bond donors (Lipinski definition) is 2. The number of thiocarbonyl (C=S) groups is 1. The molecule has 0 aliphatic rings. The quantitative estimate of drug-likeness (QED) is 0.428. The molecule has 0 spiro atoms. The summed E-state index contributed by atoms with van der Waals surface area (Å²) < 4.78 is 1.80. The van der Waals surface area contributed by atoms with E-state index in [9.17, 15) is 0 Å². The molecule has 2 aromatic carbocycles. The first-order valence-corrected chi connectivity index (χ1v) is 7.91. The van der Waals surface area contributed by atoms with Gasteiger partial charge in [0.2, 0.25) is 0 Å². The molecule has 0 saturated heterocycles. The van der Waals surface area contributed by atoms with Crippen molar-refractivity contribution in [2.45, 2.75) is 0 Å². The van der Waals surface area contributed by atoms with Gasteiger partial charge in [-0.05, 0) is 36.5 Å². The average molecular weight is 356 g/mol. The molecular weight excluding hydrogens is 342 g/mol. The maximum absolute atomic E-state index is 5.97. The Bertz CT molecular complexity index is 872. The Morgan fingerprint density at radius 3 is 2.54 bits per heavy atom. The average Bonchev–Trinajstić information content (AvgIpc) is 3.00. The number of hydrazone groups is 1.